The molecule has 0 rings (SSSR count). The standard InChI is InChI=1S/C11H23IO/c1-3-4-5-6-10(2)9-11(12)7-8-13/h10-11,13H,3-9H2,1-2H3. The molecule has 0 aromatic rings. The smallest absolute Gasteiger partial charge is 0.0441 e. The summed E-state index contributed by atoms with van der Waals surface area (Å²) in [4.78, 5) is 0. The van der Waals surface area contributed by atoms with Gasteiger partial charge in [0.25, 0.3) is 0 Å². The van der Waals surface area contributed by atoms with E-state index < -0.39 is 0 Å². The Kier molecular flexibility index (Phi) is 9.74. The average Bonchev–Trinajstić information content (AvgIpc) is 2.05. The molecule has 0 aromatic heterocycles. The molecule has 2 heteroatoms. The molecule has 0 aromatic carbocycles. The molecular formula is C11H23IO. The highest BCUT2D eigenvalue weighted by Crippen LogP contribution is 2.21. The predicted octanol–water partition coefficient (Wildman–Crippen LogP) is 3.78. The van der Waals surface area contributed by atoms with Crippen molar-refractivity contribution >= 4 is 22.6 Å². The van der Waals surface area contributed by atoms with E-state index in [0.717, 1.165) is 12.3 Å². The second-order valence-electron chi connectivity index (χ2n) is 3.95. The van der Waals surface area contributed by atoms with Gasteiger partial charge in [-0.05, 0) is 18.8 Å². The SMILES string of the molecule is CCCCCC(C)CC(I)CCO. The lowest BCUT2D eigenvalue weighted by Gasteiger charge is -2.14. The monoisotopic (exact) mass is 298 g/mol. The van der Waals surface area contributed by atoms with E-state index in [4.69, 9.17) is 5.11 Å². The third-order valence-electron chi connectivity index (χ3n) is 2.40. The van der Waals surface area contributed by atoms with Gasteiger partial charge in [-0.15, -0.1) is 0 Å². The first-order valence-electron chi connectivity index (χ1n) is 5.45. The van der Waals surface area contributed by atoms with Crippen molar-refractivity contribution in [1.29, 1.82) is 0 Å². The van der Waals surface area contributed by atoms with E-state index >= 15 is 0 Å². The van der Waals surface area contributed by atoms with Gasteiger partial charge >= 0.3 is 0 Å². The molecule has 1 nitrogen and oxygen atoms in total. The first kappa shape index (κ1) is 13.7. The van der Waals surface area contributed by atoms with Crippen LogP contribution >= 0.6 is 22.6 Å². The fourth-order valence-electron chi connectivity index (χ4n) is 1.56. The fraction of sp³-hybridized carbons (Fsp3) is 1.00. The van der Waals surface area contributed by atoms with E-state index in [-0.39, 0.29) is 0 Å². The zero-order chi connectivity index (χ0) is 10.1. The van der Waals surface area contributed by atoms with Crippen molar-refractivity contribution in [2.45, 2.75) is 56.3 Å². The Morgan fingerprint density at radius 1 is 1.23 bits per heavy atom. The lowest BCUT2D eigenvalue weighted by atomic mass is 9.97. The summed E-state index contributed by atoms with van der Waals surface area (Å²) in [6.45, 7) is 4.92. The quantitative estimate of drug-likeness (QED) is 0.411. The summed E-state index contributed by atoms with van der Waals surface area (Å²) in [5.41, 5.74) is 0. The molecule has 0 bridgehead atoms. The molecule has 0 amide bonds. The van der Waals surface area contributed by atoms with Gasteiger partial charge < -0.3 is 5.11 Å². The molecule has 0 saturated heterocycles. The molecule has 80 valence electrons. The first-order valence-corrected chi connectivity index (χ1v) is 6.70. The Bertz CT molecular complexity index is 106. The van der Waals surface area contributed by atoms with E-state index in [1.807, 2.05) is 0 Å². The third-order valence-corrected chi connectivity index (χ3v) is 3.53. The summed E-state index contributed by atoms with van der Waals surface area (Å²) in [5, 5.41) is 8.76. The van der Waals surface area contributed by atoms with Crippen molar-refractivity contribution in [3.63, 3.8) is 0 Å². The topological polar surface area (TPSA) is 20.2 Å². The van der Waals surface area contributed by atoms with Crippen LogP contribution in [-0.2, 0) is 0 Å². The van der Waals surface area contributed by atoms with Gasteiger partial charge in [-0.25, -0.2) is 0 Å². The summed E-state index contributed by atoms with van der Waals surface area (Å²) in [6.07, 6.45) is 7.65. The van der Waals surface area contributed by atoms with Gasteiger partial charge in [0.2, 0.25) is 0 Å². The summed E-state index contributed by atoms with van der Waals surface area (Å²) in [7, 11) is 0. The number of hydrogen-bond donors (Lipinski definition) is 1. The molecule has 0 aliphatic heterocycles. The van der Waals surface area contributed by atoms with Gasteiger partial charge in [0.15, 0.2) is 0 Å². The zero-order valence-corrected chi connectivity index (χ0v) is 11.1. The fourth-order valence-corrected chi connectivity index (χ4v) is 2.70. The van der Waals surface area contributed by atoms with Crippen molar-refractivity contribution in [2.75, 3.05) is 6.61 Å². The number of rotatable bonds is 8. The highest BCUT2D eigenvalue weighted by atomic mass is 127. The third kappa shape index (κ3) is 9.01. The Hall–Kier alpha value is 0.690. The molecule has 0 heterocycles. The van der Waals surface area contributed by atoms with Crippen LogP contribution < -0.4 is 0 Å². The van der Waals surface area contributed by atoms with Crippen molar-refractivity contribution in [2.24, 2.45) is 5.92 Å². The molecule has 2 unspecified atom stereocenters. The van der Waals surface area contributed by atoms with Gasteiger partial charge in [0.05, 0.1) is 0 Å². The van der Waals surface area contributed by atoms with Crippen LogP contribution in [0, 0.1) is 5.92 Å². The van der Waals surface area contributed by atoms with Crippen LogP contribution in [-0.4, -0.2) is 15.6 Å². The molecule has 13 heavy (non-hydrogen) atoms. The van der Waals surface area contributed by atoms with Gasteiger partial charge in [-0.3, -0.25) is 0 Å². The van der Waals surface area contributed by atoms with Crippen LogP contribution in [0.5, 0.6) is 0 Å². The highest BCUT2D eigenvalue weighted by molar-refractivity contribution is 14.1. The summed E-state index contributed by atoms with van der Waals surface area (Å²) < 4.78 is 0.666. The Morgan fingerprint density at radius 3 is 2.46 bits per heavy atom. The summed E-state index contributed by atoms with van der Waals surface area (Å²) >= 11 is 2.46. The highest BCUT2D eigenvalue weighted by Gasteiger charge is 2.08. The van der Waals surface area contributed by atoms with Crippen molar-refractivity contribution < 1.29 is 5.11 Å². The number of unbranched alkanes of at least 4 members (excludes halogenated alkanes) is 2. The molecule has 0 aliphatic rings. The van der Waals surface area contributed by atoms with Gasteiger partial charge in [-0.2, -0.15) is 0 Å². The van der Waals surface area contributed by atoms with E-state index in [0.29, 0.717) is 10.5 Å². The van der Waals surface area contributed by atoms with Crippen LogP contribution in [0.15, 0.2) is 0 Å². The molecule has 0 fully saturated rings. The number of hydrogen-bond acceptors (Lipinski definition) is 1. The number of halogens is 1. The second kappa shape index (κ2) is 9.25. The van der Waals surface area contributed by atoms with E-state index in [2.05, 4.69) is 36.4 Å². The first-order chi connectivity index (χ1) is 6.20. The lowest BCUT2D eigenvalue weighted by molar-refractivity contribution is 0.282. The van der Waals surface area contributed by atoms with Crippen LogP contribution in [0.4, 0.5) is 0 Å². The van der Waals surface area contributed by atoms with Gasteiger partial charge in [0.1, 0.15) is 0 Å². The van der Waals surface area contributed by atoms with Crippen LogP contribution in [0.2, 0.25) is 0 Å². The maximum Gasteiger partial charge on any atom is 0.0441 e. The van der Waals surface area contributed by atoms with Crippen LogP contribution in [0.25, 0.3) is 0 Å². The molecule has 0 spiro atoms. The molecule has 0 saturated carbocycles. The maximum absolute atomic E-state index is 8.76. The molecular weight excluding hydrogens is 275 g/mol. The number of alkyl halides is 1. The summed E-state index contributed by atoms with van der Waals surface area (Å²) in [6, 6.07) is 0. The van der Waals surface area contributed by atoms with E-state index in [1.165, 1.54) is 32.1 Å². The average molecular weight is 298 g/mol. The second-order valence-corrected chi connectivity index (χ2v) is 5.71. The van der Waals surface area contributed by atoms with Crippen molar-refractivity contribution in [3.05, 3.63) is 0 Å². The molecule has 2 atom stereocenters. The minimum Gasteiger partial charge on any atom is -0.396 e. The van der Waals surface area contributed by atoms with Crippen LogP contribution in [0.3, 0.4) is 0 Å². The minimum absolute atomic E-state index is 0.343. The summed E-state index contributed by atoms with van der Waals surface area (Å²) in [5.74, 6) is 0.833. The van der Waals surface area contributed by atoms with Crippen LogP contribution in [0.1, 0.15) is 52.4 Å². The van der Waals surface area contributed by atoms with E-state index in [9.17, 15) is 0 Å². The Morgan fingerprint density at radius 2 is 1.92 bits per heavy atom. The van der Waals surface area contributed by atoms with Gasteiger partial charge in [0, 0.05) is 10.5 Å². The lowest BCUT2D eigenvalue weighted by Crippen LogP contribution is -2.07. The maximum atomic E-state index is 8.76. The molecule has 0 aliphatic carbocycles. The van der Waals surface area contributed by atoms with E-state index in [1.54, 1.807) is 0 Å². The number of aliphatic hydroxyl groups is 1. The van der Waals surface area contributed by atoms with Gasteiger partial charge in [-0.1, -0.05) is 62.1 Å². The minimum atomic E-state index is 0.343. The number of aliphatic hydroxyl groups excluding tert-OH is 1. The van der Waals surface area contributed by atoms with Crippen molar-refractivity contribution in [1.82, 2.24) is 0 Å². The van der Waals surface area contributed by atoms with Crippen molar-refractivity contribution in [3.8, 4) is 0 Å². The molecule has 0 radical (unpaired) electrons. The normalized spacial score (nSPS) is 15.7. The predicted molar refractivity (Wildman–Crippen MR) is 67.4 cm³/mol. The largest absolute Gasteiger partial charge is 0.396 e. The Labute approximate surface area is 96.4 Å². The molecule has 1 N–H and O–H groups in total. The zero-order valence-electron chi connectivity index (χ0n) is 8.93. The Balaban J connectivity index is 3.32.